The summed E-state index contributed by atoms with van der Waals surface area (Å²) in [7, 11) is 1.83. The molecule has 0 saturated heterocycles. The Balaban J connectivity index is 2.20. The van der Waals surface area contributed by atoms with Gasteiger partial charge in [0, 0.05) is 13.2 Å². The van der Waals surface area contributed by atoms with Gasteiger partial charge in [0.05, 0.1) is 18.6 Å². The lowest BCUT2D eigenvalue weighted by molar-refractivity contribution is 0.581. The molecule has 1 N–H and O–H groups in total. The number of hydrogen-bond donors (Lipinski definition) is 1. The van der Waals surface area contributed by atoms with Crippen LogP contribution in [0.25, 0.3) is 0 Å². The van der Waals surface area contributed by atoms with E-state index in [9.17, 15) is 8.78 Å². The van der Waals surface area contributed by atoms with Gasteiger partial charge in [-0.15, -0.1) is 0 Å². The first-order chi connectivity index (χ1) is 8.09. The summed E-state index contributed by atoms with van der Waals surface area (Å²) in [5, 5.41) is 2.75. The molecule has 0 unspecified atom stereocenters. The number of halogens is 2. The highest BCUT2D eigenvalue weighted by Crippen LogP contribution is 2.22. The standard InChI is InChI=1S/C12H13F2N3/c1-8-3-4-10(13)12(11(8)14)16-6-9-5-15-7-17(9)2/h3-5,7,16H,6H2,1-2H3. The van der Waals surface area contributed by atoms with E-state index in [0.717, 1.165) is 5.69 Å². The largest absolute Gasteiger partial charge is 0.375 e. The van der Waals surface area contributed by atoms with E-state index in [1.807, 2.05) is 7.05 Å². The van der Waals surface area contributed by atoms with E-state index < -0.39 is 11.6 Å². The van der Waals surface area contributed by atoms with E-state index in [1.54, 1.807) is 24.0 Å². The first-order valence-electron chi connectivity index (χ1n) is 5.23. The summed E-state index contributed by atoms with van der Waals surface area (Å²) in [4.78, 5) is 3.93. The first-order valence-corrected chi connectivity index (χ1v) is 5.23. The van der Waals surface area contributed by atoms with Gasteiger partial charge in [-0.1, -0.05) is 6.07 Å². The molecule has 0 atom stereocenters. The molecule has 2 rings (SSSR count). The van der Waals surface area contributed by atoms with Crippen LogP contribution >= 0.6 is 0 Å². The molecule has 0 saturated carbocycles. The van der Waals surface area contributed by atoms with E-state index in [4.69, 9.17) is 0 Å². The second-order valence-corrected chi connectivity index (χ2v) is 3.90. The molecule has 17 heavy (non-hydrogen) atoms. The number of aryl methyl sites for hydroxylation is 2. The van der Waals surface area contributed by atoms with E-state index >= 15 is 0 Å². The number of imidazole rings is 1. The number of hydrogen-bond acceptors (Lipinski definition) is 2. The lowest BCUT2D eigenvalue weighted by Gasteiger charge is -2.10. The van der Waals surface area contributed by atoms with Crippen molar-refractivity contribution >= 4 is 5.69 Å². The van der Waals surface area contributed by atoms with Gasteiger partial charge in [0.25, 0.3) is 0 Å². The van der Waals surface area contributed by atoms with Gasteiger partial charge >= 0.3 is 0 Å². The van der Waals surface area contributed by atoms with Crippen molar-refractivity contribution in [2.75, 3.05) is 5.32 Å². The van der Waals surface area contributed by atoms with Gasteiger partial charge < -0.3 is 9.88 Å². The second kappa shape index (κ2) is 4.53. The monoisotopic (exact) mass is 237 g/mol. The fraction of sp³-hybridized carbons (Fsp3) is 0.250. The topological polar surface area (TPSA) is 29.9 Å². The number of nitrogens with zero attached hydrogens (tertiary/aromatic N) is 2. The lowest BCUT2D eigenvalue weighted by Crippen LogP contribution is -2.07. The smallest absolute Gasteiger partial charge is 0.152 e. The highest BCUT2D eigenvalue weighted by Gasteiger charge is 2.11. The van der Waals surface area contributed by atoms with Crippen LogP contribution in [0.15, 0.2) is 24.7 Å². The van der Waals surface area contributed by atoms with Gasteiger partial charge in [0.2, 0.25) is 0 Å². The molecule has 90 valence electrons. The molecule has 2 aromatic rings. The molecule has 3 nitrogen and oxygen atoms in total. The Hall–Kier alpha value is -1.91. The minimum absolute atomic E-state index is 0.0915. The molecule has 0 spiro atoms. The molecular formula is C12H13F2N3. The number of rotatable bonds is 3. The molecule has 0 aliphatic rings. The number of anilines is 1. The summed E-state index contributed by atoms with van der Waals surface area (Å²) in [5.41, 5.74) is 1.18. The molecule has 0 aliphatic carbocycles. The normalized spacial score (nSPS) is 10.6. The van der Waals surface area contributed by atoms with Crippen LogP contribution in [0.4, 0.5) is 14.5 Å². The molecule has 5 heteroatoms. The van der Waals surface area contributed by atoms with Gasteiger partial charge in [-0.2, -0.15) is 0 Å². The fourth-order valence-electron chi connectivity index (χ4n) is 1.55. The van der Waals surface area contributed by atoms with Gasteiger partial charge in [-0.25, -0.2) is 13.8 Å². The maximum Gasteiger partial charge on any atom is 0.152 e. The SMILES string of the molecule is Cc1ccc(F)c(NCc2cncn2C)c1F. The first kappa shape index (κ1) is 11.6. The highest BCUT2D eigenvalue weighted by molar-refractivity contribution is 5.49. The molecule has 1 aromatic carbocycles. The summed E-state index contributed by atoms with van der Waals surface area (Å²) in [6.45, 7) is 1.93. The van der Waals surface area contributed by atoms with Gasteiger partial charge in [-0.05, 0) is 18.6 Å². The van der Waals surface area contributed by atoms with Crippen molar-refractivity contribution in [3.8, 4) is 0 Å². The van der Waals surface area contributed by atoms with Crippen LogP contribution in [0.1, 0.15) is 11.3 Å². The lowest BCUT2D eigenvalue weighted by atomic mass is 10.2. The molecule has 1 aromatic heterocycles. The number of benzene rings is 1. The number of nitrogens with one attached hydrogen (secondary N) is 1. The van der Waals surface area contributed by atoms with Gasteiger partial charge in [0.1, 0.15) is 11.5 Å². The molecule has 0 amide bonds. The Morgan fingerprint density at radius 1 is 1.35 bits per heavy atom. The quantitative estimate of drug-likeness (QED) is 0.889. The van der Waals surface area contributed by atoms with Crippen molar-refractivity contribution in [3.05, 3.63) is 47.5 Å². The van der Waals surface area contributed by atoms with Crippen LogP contribution in [0.2, 0.25) is 0 Å². The average molecular weight is 237 g/mol. The van der Waals surface area contributed by atoms with Gasteiger partial charge in [0.15, 0.2) is 5.82 Å². The van der Waals surface area contributed by atoms with Crippen LogP contribution < -0.4 is 5.32 Å². The molecule has 0 aliphatic heterocycles. The summed E-state index contributed by atoms with van der Waals surface area (Å²) in [5.74, 6) is -1.14. The predicted octanol–water partition coefficient (Wildman–Crippen LogP) is 2.62. The highest BCUT2D eigenvalue weighted by atomic mass is 19.1. The van der Waals surface area contributed by atoms with Crippen molar-refractivity contribution in [2.45, 2.75) is 13.5 Å². The molecule has 0 bridgehead atoms. The van der Waals surface area contributed by atoms with Crippen molar-refractivity contribution in [2.24, 2.45) is 7.05 Å². The zero-order valence-electron chi connectivity index (χ0n) is 9.67. The summed E-state index contributed by atoms with van der Waals surface area (Å²) >= 11 is 0. The van der Waals surface area contributed by atoms with E-state index in [0.29, 0.717) is 12.1 Å². The third-order valence-corrected chi connectivity index (χ3v) is 2.65. The molecule has 1 heterocycles. The Kier molecular flexibility index (Phi) is 3.08. The van der Waals surface area contributed by atoms with E-state index in [1.165, 1.54) is 12.1 Å². The van der Waals surface area contributed by atoms with Crippen LogP contribution in [-0.4, -0.2) is 9.55 Å². The third-order valence-electron chi connectivity index (χ3n) is 2.65. The minimum atomic E-state index is -0.588. The van der Waals surface area contributed by atoms with Crippen LogP contribution in [0.5, 0.6) is 0 Å². The number of aromatic nitrogens is 2. The maximum atomic E-state index is 13.7. The Morgan fingerprint density at radius 3 is 2.76 bits per heavy atom. The van der Waals surface area contributed by atoms with Crippen molar-refractivity contribution < 1.29 is 8.78 Å². The second-order valence-electron chi connectivity index (χ2n) is 3.90. The van der Waals surface area contributed by atoms with Crippen molar-refractivity contribution in [1.82, 2.24) is 9.55 Å². The summed E-state index contributed by atoms with van der Waals surface area (Å²) < 4.78 is 28.9. The third kappa shape index (κ3) is 2.27. The predicted molar refractivity (Wildman–Crippen MR) is 61.6 cm³/mol. The molecule has 0 radical (unpaired) electrons. The zero-order valence-corrected chi connectivity index (χ0v) is 9.67. The average Bonchev–Trinajstić information content (AvgIpc) is 2.70. The van der Waals surface area contributed by atoms with Crippen molar-refractivity contribution in [3.63, 3.8) is 0 Å². The minimum Gasteiger partial charge on any atom is -0.375 e. The Morgan fingerprint density at radius 2 is 2.12 bits per heavy atom. The van der Waals surface area contributed by atoms with Crippen molar-refractivity contribution in [1.29, 1.82) is 0 Å². The fourth-order valence-corrected chi connectivity index (χ4v) is 1.55. The van der Waals surface area contributed by atoms with E-state index in [-0.39, 0.29) is 5.69 Å². The van der Waals surface area contributed by atoms with E-state index in [2.05, 4.69) is 10.3 Å². The maximum absolute atomic E-state index is 13.7. The zero-order chi connectivity index (χ0) is 12.4. The Bertz CT molecular complexity index is 535. The summed E-state index contributed by atoms with van der Waals surface area (Å²) in [6.07, 6.45) is 3.29. The van der Waals surface area contributed by atoms with Crippen LogP contribution in [-0.2, 0) is 13.6 Å². The molecular weight excluding hydrogens is 224 g/mol. The van der Waals surface area contributed by atoms with Crippen LogP contribution in [0, 0.1) is 18.6 Å². The van der Waals surface area contributed by atoms with Gasteiger partial charge in [-0.3, -0.25) is 0 Å². The van der Waals surface area contributed by atoms with Crippen LogP contribution in [0.3, 0.4) is 0 Å². The Labute approximate surface area is 98.1 Å². The molecule has 0 fully saturated rings. The summed E-state index contributed by atoms with van der Waals surface area (Å²) in [6, 6.07) is 2.67.